The number of ether oxygens (including phenoxy) is 1. The molecule has 0 radical (unpaired) electrons. The van der Waals surface area contributed by atoms with E-state index in [2.05, 4.69) is 15.3 Å². The van der Waals surface area contributed by atoms with Gasteiger partial charge >= 0.3 is 11.7 Å². The highest BCUT2D eigenvalue weighted by Gasteiger charge is 2.24. The number of hydrogen-bond donors (Lipinski definition) is 2. The average Bonchev–Trinajstić information content (AvgIpc) is 3.38. The molecule has 0 saturated carbocycles. The number of nitrogens with one attached hydrogen (secondary N) is 2. The molecule has 0 aliphatic heterocycles. The molecule has 0 saturated heterocycles. The van der Waals surface area contributed by atoms with E-state index < -0.39 is 29.2 Å². The zero-order valence-electron chi connectivity index (χ0n) is 17.8. The fourth-order valence-corrected chi connectivity index (χ4v) is 3.71. The number of para-hydroxylation sites is 1. The van der Waals surface area contributed by atoms with E-state index >= 15 is 0 Å². The fraction of sp³-hybridized carbons (Fsp3) is 0.286. The molecule has 166 valence electrons. The number of carbonyl (C=O) groups excluding carboxylic acids is 2. The number of H-pyrrole nitrogens is 1. The summed E-state index contributed by atoms with van der Waals surface area (Å²) in [5, 5.41) is 3.65. The van der Waals surface area contributed by atoms with Crippen molar-refractivity contribution in [2.45, 2.75) is 19.0 Å². The number of esters is 1. The lowest BCUT2D eigenvalue weighted by atomic mass is 10.1. The SMILES string of the molecule is COC(=O)[C@H](Cc1cc2ccccc2[nH]1)NC(=O)Cn1cnc2c1c(=O)n(C)c(=O)n2C. The summed E-state index contributed by atoms with van der Waals surface area (Å²) in [6.45, 7) is -0.260. The maximum Gasteiger partial charge on any atom is 0.332 e. The Morgan fingerprint density at radius 3 is 2.66 bits per heavy atom. The topological polar surface area (TPSA) is 133 Å². The quantitative estimate of drug-likeness (QED) is 0.401. The fourth-order valence-electron chi connectivity index (χ4n) is 3.71. The Morgan fingerprint density at radius 2 is 1.94 bits per heavy atom. The van der Waals surface area contributed by atoms with E-state index in [1.807, 2.05) is 30.3 Å². The minimum atomic E-state index is -0.928. The average molecular weight is 438 g/mol. The van der Waals surface area contributed by atoms with E-state index in [-0.39, 0.29) is 24.1 Å². The largest absolute Gasteiger partial charge is 0.467 e. The Balaban J connectivity index is 1.57. The molecule has 11 nitrogen and oxygen atoms in total. The summed E-state index contributed by atoms with van der Waals surface area (Å²) >= 11 is 0. The van der Waals surface area contributed by atoms with E-state index in [9.17, 15) is 19.2 Å². The molecule has 1 amide bonds. The van der Waals surface area contributed by atoms with Crippen LogP contribution in [-0.2, 0) is 41.4 Å². The monoisotopic (exact) mass is 438 g/mol. The summed E-state index contributed by atoms with van der Waals surface area (Å²) in [5.74, 6) is -1.10. The summed E-state index contributed by atoms with van der Waals surface area (Å²) in [6, 6.07) is 8.65. The molecule has 0 aliphatic rings. The molecule has 0 fully saturated rings. The lowest BCUT2D eigenvalue weighted by Gasteiger charge is -2.16. The van der Waals surface area contributed by atoms with Gasteiger partial charge in [-0.25, -0.2) is 14.6 Å². The van der Waals surface area contributed by atoms with Gasteiger partial charge in [-0.15, -0.1) is 0 Å². The summed E-state index contributed by atoms with van der Waals surface area (Å²) in [7, 11) is 4.10. The van der Waals surface area contributed by atoms with Crippen molar-refractivity contribution in [3.63, 3.8) is 0 Å². The number of aromatic nitrogens is 5. The van der Waals surface area contributed by atoms with Gasteiger partial charge in [-0.2, -0.15) is 0 Å². The summed E-state index contributed by atoms with van der Waals surface area (Å²) in [5.41, 5.74) is 0.906. The molecule has 1 atom stereocenters. The Bertz CT molecular complexity index is 1420. The Labute approximate surface area is 181 Å². The van der Waals surface area contributed by atoms with Crippen molar-refractivity contribution in [2.24, 2.45) is 14.1 Å². The van der Waals surface area contributed by atoms with E-state index in [1.54, 1.807) is 0 Å². The number of carbonyl (C=O) groups is 2. The molecule has 0 unspecified atom stereocenters. The third kappa shape index (κ3) is 3.68. The third-order valence-corrected chi connectivity index (χ3v) is 5.36. The van der Waals surface area contributed by atoms with Gasteiger partial charge in [-0.1, -0.05) is 18.2 Å². The van der Waals surface area contributed by atoms with Crippen LogP contribution in [-0.4, -0.2) is 48.7 Å². The number of nitrogens with zero attached hydrogens (tertiary/aromatic N) is 4. The van der Waals surface area contributed by atoms with E-state index in [0.29, 0.717) is 0 Å². The third-order valence-electron chi connectivity index (χ3n) is 5.36. The summed E-state index contributed by atoms with van der Waals surface area (Å²) in [4.78, 5) is 57.0. The second-order valence-corrected chi connectivity index (χ2v) is 7.48. The van der Waals surface area contributed by atoms with Crippen LogP contribution in [0.25, 0.3) is 22.1 Å². The van der Waals surface area contributed by atoms with E-state index in [4.69, 9.17) is 4.74 Å². The van der Waals surface area contributed by atoms with Crippen LogP contribution in [0.4, 0.5) is 0 Å². The van der Waals surface area contributed by atoms with Crippen molar-refractivity contribution in [3.05, 3.63) is 63.2 Å². The van der Waals surface area contributed by atoms with Gasteiger partial charge in [0.05, 0.1) is 13.4 Å². The number of fused-ring (bicyclic) bond motifs is 2. The first kappa shape index (κ1) is 21.1. The molecule has 32 heavy (non-hydrogen) atoms. The maximum absolute atomic E-state index is 12.7. The molecule has 1 aromatic carbocycles. The lowest BCUT2D eigenvalue weighted by Crippen LogP contribution is -2.44. The number of hydrogen-bond acceptors (Lipinski definition) is 6. The Kier molecular flexibility index (Phi) is 5.39. The number of benzene rings is 1. The van der Waals surface area contributed by atoms with Crippen LogP contribution >= 0.6 is 0 Å². The van der Waals surface area contributed by atoms with Crippen molar-refractivity contribution >= 4 is 33.9 Å². The number of amides is 1. The summed E-state index contributed by atoms with van der Waals surface area (Å²) in [6.07, 6.45) is 1.52. The van der Waals surface area contributed by atoms with Crippen LogP contribution in [0, 0.1) is 0 Å². The molecule has 0 bridgehead atoms. The van der Waals surface area contributed by atoms with Gasteiger partial charge in [0, 0.05) is 31.7 Å². The van der Waals surface area contributed by atoms with Crippen LogP contribution in [0.3, 0.4) is 0 Å². The molecule has 3 heterocycles. The van der Waals surface area contributed by atoms with Gasteiger partial charge in [0.15, 0.2) is 11.2 Å². The predicted molar refractivity (Wildman–Crippen MR) is 116 cm³/mol. The van der Waals surface area contributed by atoms with Crippen molar-refractivity contribution in [1.29, 1.82) is 0 Å². The minimum Gasteiger partial charge on any atom is -0.467 e. The zero-order valence-corrected chi connectivity index (χ0v) is 17.8. The second kappa shape index (κ2) is 8.17. The smallest absolute Gasteiger partial charge is 0.332 e. The lowest BCUT2D eigenvalue weighted by molar-refractivity contribution is -0.145. The molecule has 0 spiro atoms. The number of rotatable bonds is 6. The molecule has 0 aliphatic carbocycles. The van der Waals surface area contributed by atoms with E-state index in [1.165, 1.54) is 36.7 Å². The van der Waals surface area contributed by atoms with Crippen LogP contribution in [0.15, 0.2) is 46.2 Å². The van der Waals surface area contributed by atoms with Gasteiger partial charge in [0.1, 0.15) is 12.6 Å². The van der Waals surface area contributed by atoms with Crippen LogP contribution < -0.4 is 16.6 Å². The molecule has 4 rings (SSSR count). The van der Waals surface area contributed by atoms with Gasteiger partial charge in [0.25, 0.3) is 5.56 Å². The molecule has 4 aromatic rings. The number of methoxy groups -OCH3 is 1. The van der Waals surface area contributed by atoms with Crippen molar-refractivity contribution < 1.29 is 14.3 Å². The Hall–Kier alpha value is -4.15. The first-order chi connectivity index (χ1) is 15.3. The molecule has 11 heteroatoms. The molecule has 2 N–H and O–H groups in total. The molecular formula is C21H22N6O5. The van der Waals surface area contributed by atoms with E-state index in [0.717, 1.165) is 21.2 Å². The van der Waals surface area contributed by atoms with Crippen molar-refractivity contribution in [2.75, 3.05) is 7.11 Å². The van der Waals surface area contributed by atoms with Gasteiger partial charge in [-0.3, -0.25) is 18.7 Å². The molecular weight excluding hydrogens is 416 g/mol. The highest BCUT2D eigenvalue weighted by Crippen LogP contribution is 2.16. The van der Waals surface area contributed by atoms with Crippen molar-refractivity contribution in [3.8, 4) is 0 Å². The second-order valence-electron chi connectivity index (χ2n) is 7.48. The minimum absolute atomic E-state index is 0.120. The first-order valence-corrected chi connectivity index (χ1v) is 9.84. The zero-order chi connectivity index (χ0) is 23.0. The Morgan fingerprint density at radius 1 is 1.19 bits per heavy atom. The number of imidazole rings is 1. The van der Waals surface area contributed by atoms with Crippen LogP contribution in [0.5, 0.6) is 0 Å². The van der Waals surface area contributed by atoms with Gasteiger partial charge in [0.2, 0.25) is 5.91 Å². The summed E-state index contributed by atoms with van der Waals surface area (Å²) < 4.78 is 8.39. The maximum atomic E-state index is 12.7. The number of aromatic amines is 1. The normalized spacial score (nSPS) is 12.2. The standard InChI is InChI=1S/C21H22N6O5/c1-25-18-17(19(29)26(2)21(25)31)27(11-22-18)10-16(28)24-15(20(30)32-3)9-13-8-12-6-4-5-7-14(12)23-13/h4-8,11,15,23H,9-10H2,1-3H3,(H,24,28)/t15-/m0/s1. The highest BCUT2D eigenvalue weighted by atomic mass is 16.5. The number of aryl methyl sites for hydroxylation is 1. The van der Waals surface area contributed by atoms with Gasteiger partial charge < -0.3 is 19.6 Å². The van der Waals surface area contributed by atoms with Crippen LogP contribution in [0.2, 0.25) is 0 Å². The van der Waals surface area contributed by atoms with Gasteiger partial charge in [-0.05, 0) is 17.5 Å². The van der Waals surface area contributed by atoms with Crippen molar-refractivity contribution in [1.82, 2.24) is 29.0 Å². The molecule has 3 aromatic heterocycles. The van der Waals surface area contributed by atoms with Crippen LogP contribution in [0.1, 0.15) is 5.69 Å². The predicted octanol–water partition coefficient (Wildman–Crippen LogP) is -0.184. The highest BCUT2D eigenvalue weighted by molar-refractivity contribution is 5.86. The first-order valence-electron chi connectivity index (χ1n) is 9.84.